The summed E-state index contributed by atoms with van der Waals surface area (Å²) in [6.07, 6.45) is 10.6. The highest BCUT2D eigenvalue weighted by atomic mass is 28.4. The van der Waals surface area contributed by atoms with Gasteiger partial charge in [-0.2, -0.15) is 0 Å². The topological polar surface area (TPSA) is 35.5 Å². The molecule has 0 bridgehead atoms. The quantitative estimate of drug-likeness (QED) is 0.360. The number of Topliss-reactive ketones (excluding diaryl/α,β-unsaturated/α-hetero) is 1. The van der Waals surface area contributed by atoms with Crippen molar-refractivity contribution in [2.75, 3.05) is 0 Å². The van der Waals surface area contributed by atoms with Gasteiger partial charge in [0.25, 0.3) is 0 Å². The van der Waals surface area contributed by atoms with Crippen LogP contribution in [-0.4, -0.2) is 34.6 Å². The Hall–Kier alpha value is -0.236. The molecule has 0 aromatic carbocycles. The molecule has 0 radical (unpaired) electrons. The summed E-state index contributed by atoms with van der Waals surface area (Å²) in [5, 5.41) is 0. The van der Waals surface area contributed by atoms with Gasteiger partial charge in [-0.05, 0) is 95.1 Å². The smallest absolute Gasteiger partial charge is 0.184 e. The van der Waals surface area contributed by atoms with E-state index in [4.69, 9.17) is 8.85 Å². The van der Waals surface area contributed by atoms with Crippen LogP contribution in [0.4, 0.5) is 0 Å². The fraction of sp³-hybridized carbons (Fsp3) is 0.880. The van der Waals surface area contributed by atoms with Gasteiger partial charge in [0.2, 0.25) is 0 Å². The Kier molecular flexibility index (Phi) is 5.65. The van der Waals surface area contributed by atoms with Gasteiger partial charge in [-0.25, -0.2) is 0 Å². The van der Waals surface area contributed by atoms with Crippen LogP contribution in [0.1, 0.15) is 58.8 Å². The fourth-order valence-corrected chi connectivity index (χ4v) is 10.1. The van der Waals surface area contributed by atoms with Crippen molar-refractivity contribution in [2.24, 2.45) is 28.6 Å². The molecule has 0 aromatic heterocycles. The van der Waals surface area contributed by atoms with E-state index >= 15 is 0 Å². The fourth-order valence-electron chi connectivity index (χ4n) is 7.63. The normalized spacial score (nSPS) is 44.2. The van der Waals surface area contributed by atoms with Crippen LogP contribution >= 0.6 is 0 Å². The third kappa shape index (κ3) is 3.97. The number of carbonyl (C=O) groups is 1. The first-order chi connectivity index (χ1) is 13.7. The van der Waals surface area contributed by atoms with Gasteiger partial charge in [0.05, 0.1) is 6.10 Å². The molecule has 30 heavy (non-hydrogen) atoms. The first kappa shape index (κ1) is 22.9. The molecule has 0 N–H and O–H groups in total. The monoisotopic (exact) mass is 448 g/mol. The van der Waals surface area contributed by atoms with Crippen LogP contribution in [0, 0.1) is 28.6 Å². The van der Waals surface area contributed by atoms with Crippen LogP contribution < -0.4 is 0 Å². The summed E-state index contributed by atoms with van der Waals surface area (Å²) in [6, 6.07) is 0. The maximum atomic E-state index is 13.8. The number of carbonyl (C=O) groups excluding carboxylic acids is 1. The van der Waals surface area contributed by atoms with E-state index in [2.05, 4.69) is 59.2 Å². The van der Waals surface area contributed by atoms with Crippen molar-refractivity contribution in [2.45, 2.75) is 110 Å². The Balaban J connectivity index is 1.59. The van der Waals surface area contributed by atoms with Gasteiger partial charge in [0.15, 0.2) is 16.6 Å². The molecule has 3 saturated carbocycles. The van der Waals surface area contributed by atoms with Crippen molar-refractivity contribution in [1.29, 1.82) is 0 Å². The van der Waals surface area contributed by atoms with E-state index in [1.54, 1.807) is 0 Å². The van der Waals surface area contributed by atoms with Gasteiger partial charge in [0.1, 0.15) is 5.78 Å². The van der Waals surface area contributed by atoms with Crippen molar-refractivity contribution in [1.82, 2.24) is 0 Å². The molecule has 0 aromatic rings. The van der Waals surface area contributed by atoms with E-state index in [1.165, 1.54) is 12.0 Å². The molecule has 5 heteroatoms. The van der Waals surface area contributed by atoms with Crippen molar-refractivity contribution >= 4 is 22.4 Å². The van der Waals surface area contributed by atoms with Gasteiger partial charge < -0.3 is 8.85 Å². The van der Waals surface area contributed by atoms with Crippen LogP contribution in [0.15, 0.2) is 11.6 Å². The van der Waals surface area contributed by atoms with E-state index in [0.29, 0.717) is 23.7 Å². The molecule has 4 aliphatic carbocycles. The highest BCUT2D eigenvalue weighted by Gasteiger charge is 2.62. The highest BCUT2D eigenvalue weighted by molar-refractivity contribution is 6.70. The second-order valence-corrected chi connectivity index (χ2v) is 22.1. The number of ketones is 1. The second-order valence-electron chi connectivity index (χ2n) is 13.2. The third-order valence-corrected chi connectivity index (χ3v) is 10.7. The lowest BCUT2D eigenvalue weighted by atomic mass is 9.47. The first-order valence-corrected chi connectivity index (χ1v) is 19.1. The molecule has 3 fully saturated rings. The molecule has 2 unspecified atom stereocenters. The summed E-state index contributed by atoms with van der Waals surface area (Å²) in [7, 11) is -3.15. The van der Waals surface area contributed by atoms with Gasteiger partial charge in [-0.1, -0.05) is 25.5 Å². The van der Waals surface area contributed by atoms with Crippen molar-refractivity contribution in [3.05, 3.63) is 11.6 Å². The molecule has 7 atom stereocenters. The van der Waals surface area contributed by atoms with Crippen LogP contribution in [0.25, 0.3) is 0 Å². The SMILES string of the molecule is C[C@]12CCC(O[Si](C)(C)C)CC1=CC[C@@H]1[C@@H]2C(=O)C[C@]2(C)C(O[Si](C)(C)C)CC[C@@H]12. The van der Waals surface area contributed by atoms with Crippen LogP contribution in [0.5, 0.6) is 0 Å². The third-order valence-electron chi connectivity index (χ3n) is 8.68. The van der Waals surface area contributed by atoms with E-state index < -0.39 is 16.6 Å². The summed E-state index contributed by atoms with van der Waals surface area (Å²) in [4.78, 5) is 13.8. The summed E-state index contributed by atoms with van der Waals surface area (Å²) < 4.78 is 13.1. The predicted molar refractivity (Wildman–Crippen MR) is 129 cm³/mol. The lowest BCUT2D eigenvalue weighted by Crippen LogP contribution is -2.56. The van der Waals surface area contributed by atoms with E-state index in [1.807, 2.05) is 0 Å². The second kappa shape index (κ2) is 7.39. The minimum Gasteiger partial charge on any atom is -0.414 e. The van der Waals surface area contributed by atoms with Gasteiger partial charge in [-0.3, -0.25) is 4.79 Å². The lowest BCUT2D eigenvalue weighted by molar-refractivity contribution is -0.146. The molecule has 4 rings (SSSR count). The maximum absolute atomic E-state index is 13.8. The highest BCUT2D eigenvalue weighted by Crippen LogP contribution is 2.64. The zero-order chi connectivity index (χ0) is 22.1. The summed E-state index contributed by atoms with van der Waals surface area (Å²) in [6.45, 7) is 18.5. The predicted octanol–water partition coefficient (Wildman–Crippen LogP) is 6.57. The molecule has 0 heterocycles. The zero-order valence-corrected chi connectivity index (χ0v) is 22.6. The van der Waals surface area contributed by atoms with Crippen LogP contribution in [0.2, 0.25) is 39.3 Å². The molecule has 170 valence electrons. The van der Waals surface area contributed by atoms with Gasteiger partial charge in [-0.15, -0.1) is 0 Å². The van der Waals surface area contributed by atoms with E-state index in [9.17, 15) is 4.79 Å². The average Bonchev–Trinajstić information content (AvgIpc) is 2.88. The Bertz CT molecular complexity index is 734. The maximum Gasteiger partial charge on any atom is 0.184 e. The molecule has 0 spiro atoms. The van der Waals surface area contributed by atoms with E-state index in [0.717, 1.165) is 38.5 Å². The molecule has 0 saturated heterocycles. The van der Waals surface area contributed by atoms with Crippen molar-refractivity contribution < 1.29 is 13.6 Å². The Morgan fingerprint density at radius 1 is 0.967 bits per heavy atom. The van der Waals surface area contributed by atoms with Gasteiger partial charge >= 0.3 is 0 Å². The number of fused-ring (bicyclic) bond motifs is 5. The molecule has 0 amide bonds. The summed E-state index contributed by atoms with van der Waals surface area (Å²) >= 11 is 0. The summed E-state index contributed by atoms with van der Waals surface area (Å²) in [5.74, 6) is 1.89. The van der Waals surface area contributed by atoms with Crippen molar-refractivity contribution in [3.63, 3.8) is 0 Å². The summed E-state index contributed by atoms with van der Waals surface area (Å²) in [5.41, 5.74) is 1.62. The number of hydrogen-bond donors (Lipinski definition) is 0. The number of allylic oxidation sites excluding steroid dienone is 1. The lowest BCUT2D eigenvalue weighted by Gasteiger charge is -2.57. The Morgan fingerprint density at radius 2 is 1.63 bits per heavy atom. The molecule has 0 aliphatic heterocycles. The first-order valence-electron chi connectivity index (χ1n) is 12.3. The van der Waals surface area contributed by atoms with E-state index in [-0.39, 0.29) is 22.9 Å². The van der Waals surface area contributed by atoms with Crippen molar-refractivity contribution in [3.8, 4) is 0 Å². The standard InChI is InChI=1S/C25H44O3Si2/c1-24-14-13-18(27-29(3,4)5)15-17(24)9-10-19-20-11-12-22(28-30(6,7)8)25(20,2)16-21(26)23(19)24/h9,18-20,22-23H,10-16H2,1-8H3/t18?,19-,20-,22?,23+,24-,25-/m0/s1. The largest absolute Gasteiger partial charge is 0.414 e. The Labute approximate surface area is 186 Å². The molecular formula is C25H44O3Si2. The number of rotatable bonds is 4. The number of hydrogen-bond acceptors (Lipinski definition) is 3. The minimum absolute atomic E-state index is 0.0401. The van der Waals surface area contributed by atoms with Gasteiger partial charge in [0, 0.05) is 23.9 Å². The van der Waals surface area contributed by atoms with Crippen LogP contribution in [-0.2, 0) is 13.6 Å². The zero-order valence-electron chi connectivity index (χ0n) is 20.6. The minimum atomic E-state index is -1.62. The van der Waals surface area contributed by atoms with Crippen LogP contribution in [0.3, 0.4) is 0 Å². The molecular weight excluding hydrogens is 404 g/mol. The molecule has 3 nitrogen and oxygen atoms in total. The Morgan fingerprint density at radius 3 is 2.27 bits per heavy atom. The average molecular weight is 449 g/mol. The molecule has 4 aliphatic rings.